The molecule has 0 spiro atoms. The van der Waals surface area contributed by atoms with Gasteiger partial charge in [0.25, 0.3) is 0 Å². The van der Waals surface area contributed by atoms with E-state index in [2.05, 4.69) is 5.32 Å². The maximum atomic E-state index is 12.8. The highest BCUT2D eigenvalue weighted by Crippen LogP contribution is 2.30. The summed E-state index contributed by atoms with van der Waals surface area (Å²) in [7, 11) is -3.70. The number of sulfonamides is 1. The zero-order chi connectivity index (χ0) is 23.4. The highest BCUT2D eigenvalue weighted by atomic mass is 32.2. The van der Waals surface area contributed by atoms with E-state index >= 15 is 0 Å². The predicted molar refractivity (Wildman–Crippen MR) is 113 cm³/mol. The Kier molecular flexibility index (Phi) is 7.29. The van der Waals surface area contributed by atoms with Gasteiger partial charge in [-0.15, -0.1) is 0 Å². The summed E-state index contributed by atoms with van der Waals surface area (Å²) in [6, 6.07) is 10.8. The summed E-state index contributed by atoms with van der Waals surface area (Å²) >= 11 is 0. The second-order valence-electron chi connectivity index (χ2n) is 7.12. The van der Waals surface area contributed by atoms with Gasteiger partial charge in [0.15, 0.2) is 0 Å². The Morgan fingerprint density at radius 2 is 1.72 bits per heavy atom. The van der Waals surface area contributed by atoms with E-state index in [1.807, 2.05) is 6.92 Å². The number of piperazine rings is 1. The maximum absolute atomic E-state index is 12.8. The molecule has 0 bridgehead atoms. The summed E-state index contributed by atoms with van der Waals surface area (Å²) < 4.78 is 70.7. The molecule has 2 aromatic rings. The van der Waals surface area contributed by atoms with Gasteiger partial charge in [0, 0.05) is 31.9 Å². The second-order valence-corrected chi connectivity index (χ2v) is 9.06. The van der Waals surface area contributed by atoms with Crippen molar-refractivity contribution in [3.05, 3.63) is 54.1 Å². The van der Waals surface area contributed by atoms with Crippen LogP contribution < -0.4 is 10.1 Å². The lowest BCUT2D eigenvalue weighted by molar-refractivity contribution is -0.137. The fourth-order valence-electron chi connectivity index (χ4n) is 3.30. The van der Waals surface area contributed by atoms with Crippen LogP contribution in [0.3, 0.4) is 0 Å². The molecule has 174 valence electrons. The second kappa shape index (κ2) is 9.78. The number of rotatable bonds is 7. The molecule has 1 saturated heterocycles. The van der Waals surface area contributed by atoms with E-state index in [-0.39, 0.29) is 49.2 Å². The average Bonchev–Trinajstić information content (AvgIpc) is 2.78. The number of nitrogens with zero attached hydrogens (tertiary/aromatic N) is 2. The van der Waals surface area contributed by atoms with Crippen LogP contribution in [0.5, 0.6) is 5.75 Å². The molecule has 1 amide bonds. The molecule has 1 N–H and O–H groups in total. The number of amides is 1. The topological polar surface area (TPSA) is 79.0 Å². The van der Waals surface area contributed by atoms with Crippen LogP contribution in [0.4, 0.5) is 18.9 Å². The number of anilines is 1. The number of halogens is 3. The number of carbonyl (C=O) groups excluding carboxylic acids is 1. The normalized spacial score (nSPS) is 15.4. The standard InChI is InChI=1S/C21H24F3N3O4S/c1-2-31-18-6-8-19(9-7-18)32(29,30)27-12-10-26(11-13-27)20(28)15-25-17-5-3-4-16(14-17)21(22,23)24/h3-9,14,25H,2,10-13,15H2,1H3. The Bertz CT molecular complexity index is 1040. The van der Waals surface area contributed by atoms with E-state index in [1.54, 1.807) is 12.1 Å². The van der Waals surface area contributed by atoms with Crippen molar-refractivity contribution in [2.24, 2.45) is 0 Å². The molecule has 1 aliphatic rings. The number of benzene rings is 2. The van der Waals surface area contributed by atoms with Crippen molar-refractivity contribution in [2.75, 3.05) is 44.6 Å². The molecule has 0 aliphatic carbocycles. The minimum Gasteiger partial charge on any atom is -0.494 e. The summed E-state index contributed by atoms with van der Waals surface area (Å²) in [6.45, 7) is 2.77. The SMILES string of the molecule is CCOc1ccc(S(=O)(=O)N2CCN(C(=O)CNc3cccc(C(F)(F)F)c3)CC2)cc1. The smallest absolute Gasteiger partial charge is 0.416 e. The van der Waals surface area contributed by atoms with E-state index in [9.17, 15) is 26.4 Å². The molecule has 0 atom stereocenters. The maximum Gasteiger partial charge on any atom is 0.416 e. The van der Waals surface area contributed by atoms with Gasteiger partial charge < -0.3 is 15.0 Å². The van der Waals surface area contributed by atoms with Crippen LogP contribution in [0.1, 0.15) is 12.5 Å². The first-order valence-corrected chi connectivity index (χ1v) is 11.5. The molecule has 0 radical (unpaired) electrons. The fraction of sp³-hybridized carbons (Fsp3) is 0.381. The van der Waals surface area contributed by atoms with Crippen molar-refractivity contribution in [1.82, 2.24) is 9.21 Å². The first-order chi connectivity index (χ1) is 15.1. The Labute approximate surface area is 184 Å². The van der Waals surface area contributed by atoms with Crippen molar-refractivity contribution < 1.29 is 31.1 Å². The molecule has 1 fully saturated rings. The quantitative estimate of drug-likeness (QED) is 0.672. The predicted octanol–water partition coefficient (Wildman–Crippen LogP) is 3.05. The van der Waals surface area contributed by atoms with Crippen LogP contribution >= 0.6 is 0 Å². The van der Waals surface area contributed by atoms with Crippen molar-refractivity contribution in [3.63, 3.8) is 0 Å². The Balaban J connectivity index is 1.54. The lowest BCUT2D eigenvalue weighted by Crippen LogP contribution is -2.51. The van der Waals surface area contributed by atoms with Crippen LogP contribution in [0.15, 0.2) is 53.4 Å². The summed E-state index contributed by atoms with van der Waals surface area (Å²) in [4.78, 5) is 14.1. The molecule has 1 aliphatic heterocycles. The molecule has 32 heavy (non-hydrogen) atoms. The fourth-order valence-corrected chi connectivity index (χ4v) is 4.72. The summed E-state index contributed by atoms with van der Waals surface area (Å²) in [5.74, 6) is 0.260. The van der Waals surface area contributed by atoms with Gasteiger partial charge in [0.05, 0.1) is 23.6 Å². The van der Waals surface area contributed by atoms with Crippen molar-refractivity contribution >= 4 is 21.6 Å². The molecule has 11 heteroatoms. The number of hydrogen-bond donors (Lipinski definition) is 1. The third-order valence-electron chi connectivity index (χ3n) is 5.00. The van der Waals surface area contributed by atoms with Gasteiger partial charge in [0.2, 0.25) is 15.9 Å². The lowest BCUT2D eigenvalue weighted by atomic mass is 10.2. The van der Waals surface area contributed by atoms with Crippen LogP contribution in [-0.4, -0.2) is 62.9 Å². The Morgan fingerprint density at radius 3 is 2.31 bits per heavy atom. The number of ether oxygens (including phenoxy) is 1. The monoisotopic (exact) mass is 471 g/mol. The lowest BCUT2D eigenvalue weighted by Gasteiger charge is -2.34. The zero-order valence-electron chi connectivity index (χ0n) is 17.4. The van der Waals surface area contributed by atoms with Crippen molar-refractivity contribution in [3.8, 4) is 5.75 Å². The van der Waals surface area contributed by atoms with Crippen molar-refractivity contribution in [1.29, 1.82) is 0 Å². The molecule has 0 aromatic heterocycles. The van der Waals surface area contributed by atoms with Crippen LogP contribution in [0, 0.1) is 0 Å². The third-order valence-corrected chi connectivity index (χ3v) is 6.91. The van der Waals surface area contributed by atoms with Crippen LogP contribution in [-0.2, 0) is 21.0 Å². The summed E-state index contributed by atoms with van der Waals surface area (Å²) in [6.07, 6.45) is -4.47. The molecule has 3 rings (SSSR count). The van der Waals surface area contributed by atoms with Gasteiger partial charge >= 0.3 is 6.18 Å². The number of carbonyl (C=O) groups is 1. The molecule has 0 saturated carbocycles. The molecule has 7 nitrogen and oxygen atoms in total. The minimum atomic E-state index is -4.47. The summed E-state index contributed by atoms with van der Waals surface area (Å²) in [5.41, 5.74) is -0.618. The van der Waals surface area contributed by atoms with Gasteiger partial charge in [-0.1, -0.05) is 6.07 Å². The highest BCUT2D eigenvalue weighted by molar-refractivity contribution is 7.89. The van der Waals surface area contributed by atoms with E-state index in [0.29, 0.717) is 12.4 Å². The van der Waals surface area contributed by atoms with Crippen LogP contribution in [0.2, 0.25) is 0 Å². The minimum absolute atomic E-state index is 0.130. The van der Waals surface area contributed by atoms with E-state index in [1.165, 1.54) is 33.5 Å². The molecule has 1 heterocycles. The first-order valence-electron chi connectivity index (χ1n) is 10.0. The molecule has 2 aromatic carbocycles. The number of nitrogens with one attached hydrogen (secondary N) is 1. The van der Waals surface area contributed by atoms with Gasteiger partial charge in [-0.3, -0.25) is 4.79 Å². The number of hydrogen-bond acceptors (Lipinski definition) is 5. The van der Waals surface area contributed by atoms with E-state index in [0.717, 1.165) is 12.1 Å². The zero-order valence-corrected chi connectivity index (χ0v) is 18.2. The largest absolute Gasteiger partial charge is 0.494 e. The summed E-state index contributed by atoms with van der Waals surface area (Å²) in [5, 5.41) is 2.70. The van der Waals surface area contributed by atoms with Gasteiger partial charge in [0.1, 0.15) is 5.75 Å². The molecular formula is C21H24F3N3O4S. The van der Waals surface area contributed by atoms with Gasteiger partial charge in [-0.05, 0) is 49.4 Å². The van der Waals surface area contributed by atoms with Gasteiger partial charge in [-0.25, -0.2) is 8.42 Å². The molecule has 0 unspecified atom stereocenters. The molecular weight excluding hydrogens is 447 g/mol. The number of alkyl halides is 3. The third kappa shape index (κ3) is 5.71. The van der Waals surface area contributed by atoms with Crippen LogP contribution in [0.25, 0.3) is 0 Å². The van der Waals surface area contributed by atoms with Gasteiger partial charge in [-0.2, -0.15) is 17.5 Å². The van der Waals surface area contributed by atoms with Crippen molar-refractivity contribution in [2.45, 2.75) is 18.0 Å². The Hall–Kier alpha value is -2.79. The highest BCUT2D eigenvalue weighted by Gasteiger charge is 2.31. The van der Waals surface area contributed by atoms with E-state index < -0.39 is 21.8 Å². The first kappa shape index (κ1) is 23.9. The van der Waals surface area contributed by atoms with E-state index in [4.69, 9.17) is 4.74 Å². The Morgan fingerprint density at radius 1 is 1.06 bits per heavy atom. The average molecular weight is 472 g/mol.